The molecule has 0 spiro atoms. The Morgan fingerprint density at radius 2 is 2.16 bits per heavy atom. The van der Waals surface area contributed by atoms with Crippen molar-refractivity contribution in [2.24, 2.45) is 5.14 Å². The van der Waals surface area contributed by atoms with Crippen LogP contribution in [0.2, 0.25) is 0 Å². The molecule has 1 aromatic carbocycles. The molecule has 1 heterocycles. The SMILES string of the molecule is COc1ccc(C2(C)CCCOC2)cc1S(N)(=O)=O. The molecule has 6 heteroatoms. The Bertz CT molecular complexity index is 562. The summed E-state index contributed by atoms with van der Waals surface area (Å²) in [6, 6.07) is 5.12. The number of sulfonamides is 1. The van der Waals surface area contributed by atoms with Crippen molar-refractivity contribution in [3.05, 3.63) is 23.8 Å². The van der Waals surface area contributed by atoms with E-state index in [1.807, 2.05) is 6.07 Å². The zero-order valence-electron chi connectivity index (χ0n) is 11.2. The quantitative estimate of drug-likeness (QED) is 0.910. The van der Waals surface area contributed by atoms with Crippen LogP contribution in [0.1, 0.15) is 25.3 Å². The molecule has 0 radical (unpaired) electrons. The van der Waals surface area contributed by atoms with Gasteiger partial charge in [-0.3, -0.25) is 0 Å². The van der Waals surface area contributed by atoms with Crippen LogP contribution in [-0.4, -0.2) is 28.7 Å². The van der Waals surface area contributed by atoms with Crippen molar-refractivity contribution in [3.8, 4) is 5.75 Å². The summed E-state index contributed by atoms with van der Waals surface area (Å²) >= 11 is 0. The zero-order valence-corrected chi connectivity index (χ0v) is 12.0. The molecule has 1 atom stereocenters. The minimum absolute atomic E-state index is 0.0271. The average Bonchev–Trinajstić information content (AvgIpc) is 2.38. The number of hydrogen-bond acceptors (Lipinski definition) is 4. The molecule has 1 saturated heterocycles. The molecular formula is C13H19NO4S. The Hall–Kier alpha value is -1.11. The predicted octanol–water partition coefficient (Wildman–Crippen LogP) is 1.41. The number of methoxy groups -OCH3 is 1. The maximum absolute atomic E-state index is 11.6. The van der Waals surface area contributed by atoms with Gasteiger partial charge >= 0.3 is 0 Å². The monoisotopic (exact) mass is 285 g/mol. The molecule has 2 N–H and O–H groups in total. The van der Waals surface area contributed by atoms with Crippen LogP contribution in [0, 0.1) is 0 Å². The lowest BCUT2D eigenvalue weighted by molar-refractivity contribution is 0.0418. The summed E-state index contributed by atoms with van der Waals surface area (Å²) in [6.45, 7) is 3.41. The van der Waals surface area contributed by atoms with Gasteiger partial charge in [0, 0.05) is 12.0 Å². The highest BCUT2D eigenvalue weighted by Gasteiger charge is 2.31. The fourth-order valence-electron chi connectivity index (χ4n) is 2.44. The third-order valence-corrected chi connectivity index (χ3v) is 4.54. The molecule has 0 saturated carbocycles. The molecule has 1 aliphatic heterocycles. The molecule has 19 heavy (non-hydrogen) atoms. The molecule has 2 rings (SSSR count). The third-order valence-electron chi connectivity index (χ3n) is 3.60. The Morgan fingerprint density at radius 3 is 2.68 bits per heavy atom. The van der Waals surface area contributed by atoms with Crippen LogP contribution in [0.15, 0.2) is 23.1 Å². The van der Waals surface area contributed by atoms with E-state index < -0.39 is 10.0 Å². The van der Waals surface area contributed by atoms with Crippen molar-refractivity contribution in [1.82, 2.24) is 0 Å². The van der Waals surface area contributed by atoms with Crippen LogP contribution >= 0.6 is 0 Å². The first-order chi connectivity index (χ1) is 8.87. The number of ether oxygens (including phenoxy) is 2. The van der Waals surface area contributed by atoms with Crippen LogP contribution in [0.5, 0.6) is 5.75 Å². The molecule has 1 fully saturated rings. The van der Waals surface area contributed by atoms with E-state index in [0.717, 1.165) is 25.0 Å². The minimum Gasteiger partial charge on any atom is -0.495 e. The highest BCUT2D eigenvalue weighted by atomic mass is 32.2. The van der Waals surface area contributed by atoms with E-state index in [4.69, 9.17) is 14.6 Å². The van der Waals surface area contributed by atoms with Gasteiger partial charge in [-0.05, 0) is 30.5 Å². The van der Waals surface area contributed by atoms with Crippen molar-refractivity contribution in [1.29, 1.82) is 0 Å². The summed E-state index contributed by atoms with van der Waals surface area (Å²) in [7, 11) is -2.37. The van der Waals surface area contributed by atoms with Crippen molar-refractivity contribution in [3.63, 3.8) is 0 Å². The first-order valence-electron chi connectivity index (χ1n) is 6.16. The Morgan fingerprint density at radius 1 is 1.42 bits per heavy atom. The summed E-state index contributed by atoms with van der Waals surface area (Å²) in [4.78, 5) is 0.0271. The van der Waals surface area contributed by atoms with Crippen LogP contribution in [-0.2, 0) is 20.2 Å². The number of rotatable bonds is 3. The third kappa shape index (κ3) is 2.91. The smallest absolute Gasteiger partial charge is 0.241 e. The van der Waals surface area contributed by atoms with Crippen molar-refractivity contribution < 1.29 is 17.9 Å². The lowest BCUT2D eigenvalue weighted by Gasteiger charge is -2.34. The van der Waals surface area contributed by atoms with Crippen LogP contribution in [0.4, 0.5) is 0 Å². The summed E-state index contributed by atoms with van der Waals surface area (Å²) in [6.07, 6.45) is 1.93. The summed E-state index contributed by atoms with van der Waals surface area (Å²) in [5.74, 6) is 0.270. The molecule has 1 unspecified atom stereocenters. The van der Waals surface area contributed by atoms with Crippen molar-refractivity contribution in [2.45, 2.75) is 30.1 Å². The molecule has 1 aromatic rings. The molecule has 0 aromatic heterocycles. The molecule has 106 valence electrons. The van der Waals surface area contributed by atoms with Gasteiger partial charge in [-0.25, -0.2) is 13.6 Å². The van der Waals surface area contributed by atoms with Gasteiger partial charge in [-0.1, -0.05) is 13.0 Å². The molecule has 0 bridgehead atoms. The van der Waals surface area contributed by atoms with Gasteiger partial charge in [0.25, 0.3) is 0 Å². The number of nitrogens with two attached hydrogens (primary N) is 1. The van der Waals surface area contributed by atoms with Crippen LogP contribution < -0.4 is 9.88 Å². The van der Waals surface area contributed by atoms with Gasteiger partial charge in [0.1, 0.15) is 10.6 Å². The molecule has 1 aliphatic rings. The Labute approximate surface area is 113 Å². The number of hydrogen-bond donors (Lipinski definition) is 1. The van der Waals surface area contributed by atoms with E-state index in [0.29, 0.717) is 6.61 Å². The van der Waals surface area contributed by atoms with E-state index in [9.17, 15) is 8.42 Å². The topological polar surface area (TPSA) is 78.6 Å². The molecule has 0 amide bonds. The Balaban J connectivity index is 2.49. The van der Waals surface area contributed by atoms with E-state index >= 15 is 0 Å². The second kappa shape index (κ2) is 5.11. The van der Waals surface area contributed by atoms with Crippen LogP contribution in [0.3, 0.4) is 0 Å². The lowest BCUT2D eigenvalue weighted by atomic mass is 9.78. The first kappa shape index (κ1) is 14.3. The molecule has 0 aliphatic carbocycles. The summed E-state index contributed by atoms with van der Waals surface area (Å²) in [5.41, 5.74) is 0.737. The van der Waals surface area contributed by atoms with Gasteiger partial charge < -0.3 is 9.47 Å². The van der Waals surface area contributed by atoms with E-state index in [2.05, 4.69) is 6.92 Å². The lowest BCUT2D eigenvalue weighted by Crippen LogP contribution is -2.33. The normalized spacial score (nSPS) is 24.2. The van der Waals surface area contributed by atoms with Gasteiger partial charge in [0.05, 0.1) is 13.7 Å². The predicted molar refractivity (Wildman–Crippen MR) is 71.8 cm³/mol. The van der Waals surface area contributed by atoms with Crippen molar-refractivity contribution >= 4 is 10.0 Å². The van der Waals surface area contributed by atoms with Crippen molar-refractivity contribution in [2.75, 3.05) is 20.3 Å². The maximum Gasteiger partial charge on any atom is 0.241 e. The van der Waals surface area contributed by atoms with Gasteiger partial charge in [0.2, 0.25) is 10.0 Å². The van der Waals surface area contributed by atoms with E-state index in [1.54, 1.807) is 12.1 Å². The Kier molecular flexibility index (Phi) is 3.85. The first-order valence-corrected chi connectivity index (χ1v) is 7.70. The second-order valence-electron chi connectivity index (χ2n) is 5.13. The molecular weight excluding hydrogens is 266 g/mol. The second-order valence-corrected chi connectivity index (χ2v) is 6.66. The maximum atomic E-state index is 11.6. The minimum atomic E-state index is -3.80. The average molecular weight is 285 g/mol. The summed E-state index contributed by atoms with van der Waals surface area (Å²) in [5, 5.41) is 5.24. The fraction of sp³-hybridized carbons (Fsp3) is 0.538. The highest BCUT2D eigenvalue weighted by molar-refractivity contribution is 7.89. The summed E-state index contributed by atoms with van der Waals surface area (Å²) < 4.78 is 33.8. The standard InChI is InChI=1S/C13H19NO4S/c1-13(6-3-7-18-9-13)10-4-5-11(17-2)12(8-10)19(14,15)16/h4-5,8H,3,6-7,9H2,1-2H3,(H2,14,15,16). The fourth-order valence-corrected chi connectivity index (χ4v) is 3.16. The van der Waals surface area contributed by atoms with Gasteiger partial charge in [0.15, 0.2) is 0 Å². The van der Waals surface area contributed by atoms with E-state index in [-0.39, 0.29) is 16.1 Å². The van der Waals surface area contributed by atoms with Gasteiger partial charge in [-0.15, -0.1) is 0 Å². The number of primary sulfonamides is 1. The van der Waals surface area contributed by atoms with Crippen LogP contribution in [0.25, 0.3) is 0 Å². The largest absolute Gasteiger partial charge is 0.495 e. The van der Waals surface area contributed by atoms with Gasteiger partial charge in [-0.2, -0.15) is 0 Å². The zero-order chi connectivity index (χ0) is 14.1. The highest BCUT2D eigenvalue weighted by Crippen LogP contribution is 2.35. The van der Waals surface area contributed by atoms with E-state index in [1.165, 1.54) is 7.11 Å². The number of benzene rings is 1. The molecule has 5 nitrogen and oxygen atoms in total.